The molecule has 2 aliphatic heterocycles. The van der Waals surface area contributed by atoms with E-state index < -0.39 is 20.0 Å². The van der Waals surface area contributed by atoms with Gasteiger partial charge in [-0.15, -0.1) is 0 Å². The Kier molecular flexibility index (Phi) is 7.23. The number of piperidine rings is 1. The number of anilines is 1. The first-order valence-electron chi connectivity index (χ1n) is 11.6. The molecule has 2 aliphatic rings. The van der Waals surface area contributed by atoms with Gasteiger partial charge in [0, 0.05) is 39.3 Å². The number of hydrogen-bond acceptors (Lipinski definition) is 6. The Morgan fingerprint density at radius 1 is 0.853 bits per heavy atom. The second-order valence-corrected chi connectivity index (χ2v) is 13.0. The monoisotopic (exact) mass is 507 g/mol. The molecule has 10 heteroatoms. The third kappa shape index (κ3) is 4.95. The molecule has 0 saturated carbocycles. The van der Waals surface area contributed by atoms with Gasteiger partial charge in [0.15, 0.2) is 0 Å². The van der Waals surface area contributed by atoms with Gasteiger partial charge < -0.3 is 9.64 Å². The molecule has 0 radical (unpaired) electrons. The summed E-state index contributed by atoms with van der Waals surface area (Å²) >= 11 is 0. The van der Waals surface area contributed by atoms with Crippen LogP contribution in [0.3, 0.4) is 0 Å². The van der Waals surface area contributed by atoms with Gasteiger partial charge in [0.25, 0.3) is 0 Å². The quantitative estimate of drug-likeness (QED) is 0.598. The number of sulfonamides is 2. The average Bonchev–Trinajstić information content (AvgIpc) is 2.83. The van der Waals surface area contributed by atoms with Crippen LogP contribution in [-0.4, -0.2) is 71.8 Å². The summed E-state index contributed by atoms with van der Waals surface area (Å²) in [5, 5.41) is 0. The molecule has 186 valence electrons. The van der Waals surface area contributed by atoms with E-state index in [0.717, 1.165) is 18.4 Å². The standard InChI is InChI=1S/C24H33N3O5S2/c1-19-6-4-8-21(16-19)33(28,29)26-14-12-25(13-15-26)23-17-22(9-10-24(23)32-3)34(30,31)27-11-5-7-20(2)18-27/h4,6,8-10,16-17,20H,5,7,11-15,18H2,1-3H3/t20-/m1/s1. The molecule has 0 unspecified atom stereocenters. The summed E-state index contributed by atoms with van der Waals surface area (Å²) in [4.78, 5) is 2.54. The molecule has 1 atom stereocenters. The summed E-state index contributed by atoms with van der Waals surface area (Å²) < 4.78 is 61.4. The van der Waals surface area contributed by atoms with E-state index in [1.807, 2.05) is 17.9 Å². The Hall–Kier alpha value is -2.14. The molecule has 0 N–H and O–H groups in total. The number of methoxy groups -OCH3 is 1. The topological polar surface area (TPSA) is 87.2 Å². The van der Waals surface area contributed by atoms with Crippen LogP contribution in [0.1, 0.15) is 25.3 Å². The number of benzene rings is 2. The minimum Gasteiger partial charge on any atom is -0.495 e. The van der Waals surface area contributed by atoms with Gasteiger partial charge in [0.05, 0.1) is 22.6 Å². The Bertz CT molecular complexity index is 1240. The highest BCUT2D eigenvalue weighted by molar-refractivity contribution is 7.89. The zero-order valence-corrected chi connectivity index (χ0v) is 21.6. The number of nitrogens with zero attached hydrogens (tertiary/aromatic N) is 3. The van der Waals surface area contributed by atoms with E-state index in [0.29, 0.717) is 61.5 Å². The molecule has 2 saturated heterocycles. The Balaban J connectivity index is 1.55. The molecule has 2 heterocycles. The molecule has 0 aliphatic carbocycles. The van der Waals surface area contributed by atoms with Gasteiger partial charge in [-0.2, -0.15) is 8.61 Å². The summed E-state index contributed by atoms with van der Waals surface area (Å²) in [7, 11) is -5.64. The molecule has 2 fully saturated rings. The van der Waals surface area contributed by atoms with Gasteiger partial charge in [0.1, 0.15) is 5.75 Å². The van der Waals surface area contributed by atoms with Crippen molar-refractivity contribution < 1.29 is 21.6 Å². The molecule has 8 nitrogen and oxygen atoms in total. The Morgan fingerprint density at radius 3 is 2.18 bits per heavy atom. The third-order valence-electron chi connectivity index (χ3n) is 6.61. The largest absolute Gasteiger partial charge is 0.495 e. The van der Waals surface area contributed by atoms with Crippen molar-refractivity contribution in [2.45, 2.75) is 36.5 Å². The lowest BCUT2D eigenvalue weighted by Gasteiger charge is -2.36. The molecule has 2 aromatic rings. The Labute approximate surface area is 203 Å². The molecule has 2 aromatic carbocycles. The summed E-state index contributed by atoms with van der Waals surface area (Å²) in [6.45, 7) is 6.49. The van der Waals surface area contributed by atoms with Gasteiger partial charge in [-0.3, -0.25) is 0 Å². The Morgan fingerprint density at radius 2 is 1.53 bits per heavy atom. The lowest BCUT2D eigenvalue weighted by atomic mass is 10.0. The van der Waals surface area contributed by atoms with Crippen LogP contribution < -0.4 is 9.64 Å². The van der Waals surface area contributed by atoms with Crippen molar-refractivity contribution in [3.05, 3.63) is 48.0 Å². The van der Waals surface area contributed by atoms with E-state index in [1.165, 1.54) is 4.31 Å². The van der Waals surface area contributed by atoms with Crippen molar-refractivity contribution >= 4 is 25.7 Å². The first-order valence-corrected chi connectivity index (χ1v) is 14.5. The first kappa shape index (κ1) is 25.0. The van der Waals surface area contributed by atoms with E-state index >= 15 is 0 Å². The van der Waals surface area contributed by atoms with Crippen molar-refractivity contribution in [3.8, 4) is 5.75 Å². The summed E-state index contributed by atoms with van der Waals surface area (Å²) in [6, 6.07) is 11.9. The normalized spacial score (nSPS) is 20.9. The van der Waals surface area contributed by atoms with Crippen LogP contribution in [0.4, 0.5) is 5.69 Å². The first-order chi connectivity index (χ1) is 16.1. The smallest absolute Gasteiger partial charge is 0.243 e. The lowest BCUT2D eigenvalue weighted by molar-refractivity contribution is 0.281. The number of rotatable bonds is 6. The summed E-state index contributed by atoms with van der Waals surface area (Å²) in [5.41, 5.74) is 1.56. The van der Waals surface area contributed by atoms with E-state index in [-0.39, 0.29) is 4.90 Å². The molecule has 0 aromatic heterocycles. The predicted molar refractivity (Wildman–Crippen MR) is 132 cm³/mol. The molecule has 0 spiro atoms. The van der Waals surface area contributed by atoms with Crippen molar-refractivity contribution in [1.82, 2.24) is 8.61 Å². The number of aryl methyl sites for hydroxylation is 1. The van der Waals surface area contributed by atoms with E-state index in [2.05, 4.69) is 6.92 Å². The van der Waals surface area contributed by atoms with Crippen molar-refractivity contribution in [3.63, 3.8) is 0 Å². The van der Waals surface area contributed by atoms with Gasteiger partial charge in [-0.1, -0.05) is 19.1 Å². The minimum absolute atomic E-state index is 0.243. The van der Waals surface area contributed by atoms with Crippen molar-refractivity contribution in [1.29, 1.82) is 0 Å². The number of piperazine rings is 1. The highest BCUT2D eigenvalue weighted by atomic mass is 32.2. The molecule has 0 bridgehead atoms. The van der Waals surface area contributed by atoms with Crippen LogP contribution in [-0.2, 0) is 20.0 Å². The SMILES string of the molecule is COc1ccc(S(=O)(=O)N2CCC[C@@H](C)C2)cc1N1CCN(S(=O)(=O)c2cccc(C)c2)CC1. The van der Waals surface area contributed by atoms with Crippen LogP contribution in [0.5, 0.6) is 5.75 Å². The van der Waals surface area contributed by atoms with Crippen LogP contribution >= 0.6 is 0 Å². The fourth-order valence-electron chi connectivity index (χ4n) is 4.69. The van der Waals surface area contributed by atoms with Gasteiger partial charge in [0.2, 0.25) is 20.0 Å². The van der Waals surface area contributed by atoms with Crippen molar-refractivity contribution in [2.24, 2.45) is 5.92 Å². The van der Waals surface area contributed by atoms with E-state index in [9.17, 15) is 16.8 Å². The molecular formula is C24H33N3O5S2. The van der Waals surface area contributed by atoms with Crippen molar-refractivity contribution in [2.75, 3.05) is 51.3 Å². The van der Waals surface area contributed by atoms with E-state index in [1.54, 1.807) is 47.8 Å². The van der Waals surface area contributed by atoms with Gasteiger partial charge >= 0.3 is 0 Å². The maximum atomic E-state index is 13.3. The number of hydrogen-bond donors (Lipinski definition) is 0. The van der Waals surface area contributed by atoms with Crippen LogP contribution in [0, 0.1) is 12.8 Å². The number of ether oxygens (including phenoxy) is 1. The second-order valence-electron chi connectivity index (χ2n) is 9.15. The molecular weight excluding hydrogens is 474 g/mol. The summed E-state index contributed by atoms with van der Waals surface area (Å²) in [5.74, 6) is 0.908. The fourth-order valence-corrected chi connectivity index (χ4v) is 7.83. The van der Waals surface area contributed by atoms with Gasteiger partial charge in [-0.25, -0.2) is 16.8 Å². The van der Waals surface area contributed by atoms with Crippen LogP contribution in [0.2, 0.25) is 0 Å². The average molecular weight is 508 g/mol. The zero-order chi connectivity index (χ0) is 24.5. The summed E-state index contributed by atoms with van der Waals surface area (Å²) in [6.07, 6.45) is 1.90. The highest BCUT2D eigenvalue weighted by Gasteiger charge is 2.32. The molecule has 0 amide bonds. The van der Waals surface area contributed by atoms with E-state index in [4.69, 9.17) is 4.74 Å². The second kappa shape index (κ2) is 9.85. The maximum absolute atomic E-state index is 13.3. The maximum Gasteiger partial charge on any atom is 0.243 e. The van der Waals surface area contributed by atoms with Gasteiger partial charge in [-0.05, 0) is 61.6 Å². The molecule has 4 rings (SSSR count). The lowest BCUT2D eigenvalue weighted by Crippen LogP contribution is -2.48. The highest BCUT2D eigenvalue weighted by Crippen LogP contribution is 2.34. The van der Waals surface area contributed by atoms with Crippen LogP contribution in [0.25, 0.3) is 0 Å². The fraction of sp³-hybridized carbons (Fsp3) is 0.500. The third-order valence-corrected chi connectivity index (χ3v) is 10.4. The minimum atomic E-state index is -3.61. The molecule has 34 heavy (non-hydrogen) atoms. The zero-order valence-electron chi connectivity index (χ0n) is 20.0. The van der Waals surface area contributed by atoms with Crippen LogP contribution in [0.15, 0.2) is 52.3 Å². The predicted octanol–water partition coefficient (Wildman–Crippen LogP) is 2.94.